The number of carbonyl (C=O) groups is 1. The minimum Gasteiger partial charge on any atom is -0.497 e. The Morgan fingerprint density at radius 2 is 1.64 bits per heavy atom. The van der Waals surface area contributed by atoms with E-state index in [0.29, 0.717) is 34.6 Å². The molecule has 0 N–H and O–H groups in total. The topological polar surface area (TPSA) is 44.8 Å². The maximum Gasteiger partial charge on any atom is 0.306 e. The number of ether oxygens (including phenoxy) is 3. The van der Waals surface area contributed by atoms with Gasteiger partial charge in [-0.1, -0.05) is 51.1 Å². The molecule has 3 aromatic carbocycles. The van der Waals surface area contributed by atoms with Crippen LogP contribution in [0.3, 0.4) is 0 Å². The molecule has 39 heavy (non-hydrogen) atoms. The van der Waals surface area contributed by atoms with Crippen LogP contribution in [-0.4, -0.2) is 25.6 Å². The van der Waals surface area contributed by atoms with Gasteiger partial charge in [-0.3, -0.25) is 4.79 Å². The van der Waals surface area contributed by atoms with E-state index in [2.05, 4.69) is 20.8 Å². The normalized spacial score (nSPS) is 12.6. The first-order valence-corrected chi connectivity index (χ1v) is 13.0. The molecule has 0 amide bonds. The number of rotatable bonds is 11. The Labute approximate surface area is 229 Å². The molecular formula is C32H37F3O4. The van der Waals surface area contributed by atoms with Crippen molar-refractivity contribution in [1.82, 2.24) is 0 Å². The van der Waals surface area contributed by atoms with Gasteiger partial charge in [0.25, 0.3) is 5.92 Å². The van der Waals surface area contributed by atoms with Crippen molar-refractivity contribution in [2.45, 2.75) is 65.9 Å². The molecular weight excluding hydrogens is 505 g/mol. The zero-order chi connectivity index (χ0) is 28.8. The molecule has 210 valence electrons. The molecule has 0 radical (unpaired) electrons. The number of alkyl halides is 2. The molecule has 3 rings (SSSR count). The maximum atomic E-state index is 14.8. The van der Waals surface area contributed by atoms with E-state index in [9.17, 15) is 18.0 Å². The Bertz CT molecular complexity index is 1280. The fourth-order valence-electron chi connectivity index (χ4n) is 4.52. The van der Waals surface area contributed by atoms with Gasteiger partial charge >= 0.3 is 5.97 Å². The second kappa shape index (κ2) is 12.6. The highest BCUT2D eigenvalue weighted by atomic mass is 19.3. The zero-order valence-electron chi connectivity index (χ0n) is 23.4. The van der Waals surface area contributed by atoms with Crippen LogP contribution in [0.1, 0.15) is 63.6 Å². The summed E-state index contributed by atoms with van der Waals surface area (Å²) in [5, 5.41) is 0. The van der Waals surface area contributed by atoms with Crippen LogP contribution in [0.4, 0.5) is 13.2 Å². The lowest BCUT2D eigenvalue weighted by atomic mass is 9.84. The summed E-state index contributed by atoms with van der Waals surface area (Å²) in [6, 6.07) is 16.8. The van der Waals surface area contributed by atoms with Gasteiger partial charge in [0.2, 0.25) is 0 Å². The Morgan fingerprint density at radius 3 is 2.28 bits per heavy atom. The summed E-state index contributed by atoms with van der Waals surface area (Å²) in [5.41, 5.74) is 3.07. The third kappa shape index (κ3) is 8.50. The lowest BCUT2D eigenvalue weighted by Crippen LogP contribution is -2.26. The molecule has 0 saturated carbocycles. The van der Waals surface area contributed by atoms with Crippen LogP contribution >= 0.6 is 0 Å². The van der Waals surface area contributed by atoms with Gasteiger partial charge in [-0.25, -0.2) is 13.2 Å². The van der Waals surface area contributed by atoms with E-state index < -0.39 is 24.2 Å². The van der Waals surface area contributed by atoms with E-state index in [-0.39, 0.29) is 24.4 Å². The molecule has 0 aliphatic heterocycles. The molecule has 0 heterocycles. The molecule has 0 aromatic heterocycles. The molecule has 0 saturated heterocycles. The molecule has 0 bridgehead atoms. The zero-order valence-corrected chi connectivity index (χ0v) is 23.4. The maximum absolute atomic E-state index is 14.8. The van der Waals surface area contributed by atoms with Gasteiger partial charge in [-0.15, -0.1) is 0 Å². The predicted octanol–water partition coefficient (Wildman–Crippen LogP) is 8.36. The Kier molecular flexibility index (Phi) is 9.70. The van der Waals surface area contributed by atoms with Crippen molar-refractivity contribution in [2.75, 3.05) is 13.7 Å². The first kappa shape index (κ1) is 30.1. The van der Waals surface area contributed by atoms with Crippen LogP contribution in [0.25, 0.3) is 11.1 Å². The third-order valence-corrected chi connectivity index (χ3v) is 6.31. The van der Waals surface area contributed by atoms with Crippen molar-refractivity contribution in [2.24, 2.45) is 5.41 Å². The van der Waals surface area contributed by atoms with Crippen molar-refractivity contribution in [3.05, 3.63) is 83.2 Å². The SMILES string of the molecule is CCOC(=O)CC(c1cccc(COc2ccc(-c3cc(OC)ccc3F)c(CC(C)(C)C)c2)c1)C(C)(F)F. The summed E-state index contributed by atoms with van der Waals surface area (Å²) in [5.74, 6) is -4.29. The summed E-state index contributed by atoms with van der Waals surface area (Å²) >= 11 is 0. The van der Waals surface area contributed by atoms with E-state index in [4.69, 9.17) is 14.2 Å². The summed E-state index contributed by atoms with van der Waals surface area (Å²) in [6.45, 7) is 9.03. The molecule has 1 atom stereocenters. The molecule has 0 fully saturated rings. The van der Waals surface area contributed by atoms with E-state index in [1.807, 2.05) is 12.1 Å². The largest absolute Gasteiger partial charge is 0.497 e. The van der Waals surface area contributed by atoms with Crippen molar-refractivity contribution in [3.8, 4) is 22.6 Å². The van der Waals surface area contributed by atoms with Crippen LogP contribution in [0, 0.1) is 11.2 Å². The van der Waals surface area contributed by atoms with Gasteiger partial charge in [-0.05, 0) is 78.3 Å². The molecule has 0 aliphatic rings. The van der Waals surface area contributed by atoms with Crippen molar-refractivity contribution >= 4 is 5.97 Å². The number of methoxy groups -OCH3 is 1. The summed E-state index contributed by atoms with van der Waals surface area (Å²) in [4.78, 5) is 12.0. The van der Waals surface area contributed by atoms with Gasteiger partial charge in [0.05, 0.1) is 26.1 Å². The number of carbonyl (C=O) groups excluding carboxylic acids is 1. The van der Waals surface area contributed by atoms with Gasteiger partial charge < -0.3 is 14.2 Å². The quantitative estimate of drug-likeness (QED) is 0.228. The number of halogens is 3. The first-order chi connectivity index (χ1) is 18.3. The fourth-order valence-corrected chi connectivity index (χ4v) is 4.52. The Morgan fingerprint density at radius 1 is 0.923 bits per heavy atom. The van der Waals surface area contributed by atoms with Gasteiger partial charge in [0, 0.05) is 5.56 Å². The summed E-state index contributed by atoms with van der Waals surface area (Å²) < 4.78 is 59.9. The number of hydrogen-bond donors (Lipinski definition) is 0. The van der Waals surface area contributed by atoms with Gasteiger partial charge in [0.15, 0.2) is 0 Å². The predicted molar refractivity (Wildman–Crippen MR) is 147 cm³/mol. The molecule has 4 nitrogen and oxygen atoms in total. The van der Waals surface area contributed by atoms with Crippen molar-refractivity contribution in [1.29, 1.82) is 0 Å². The van der Waals surface area contributed by atoms with Crippen LogP contribution in [0.15, 0.2) is 60.7 Å². The van der Waals surface area contributed by atoms with E-state index in [0.717, 1.165) is 18.1 Å². The van der Waals surface area contributed by atoms with Gasteiger partial charge in [0.1, 0.15) is 23.9 Å². The summed E-state index contributed by atoms with van der Waals surface area (Å²) in [7, 11) is 1.54. The smallest absolute Gasteiger partial charge is 0.306 e. The van der Waals surface area contributed by atoms with E-state index in [1.165, 1.54) is 6.07 Å². The van der Waals surface area contributed by atoms with Crippen LogP contribution < -0.4 is 9.47 Å². The lowest BCUT2D eigenvalue weighted by Gasteiger charge is -2.24. The molecule has 7 heteroatoms. The highest BCUT2D eigenvalue weighted by molar-refractivity contribution is 5.71. The number of esters is 1. The molecule has 3 aromatic rings. The molecule has 1 unspecified atom stereocenters. The van der Waals surface area contributed by atoms with Crippen LogP contribution in [0.5, 0.6) is 11.5 Å². The van der Waals surface area contributed by atoms with Crippen molar-refractivity contribution in [3.63, 3.8) is 0 Å². The second-order valence-corrected chi connectivity index (χ2v) is 11.0. The Hall–Kier alpha value is -3.48. The summed E-state index contributed by atoms with van der Waals surface area (Å²) in [6.07, 6.45) is 0.257. The standard InChI is InChI=1S/C32H37F3O4/c1-7-38-30(36)18-28(32(5,34)35)22-10-8-9-21(15-22)20-39-25-11-13-26(23(16-25)19-31(2,3)4)27-17-24(37-6)12-14-29(27)33/h8-17,28H,7,18-20H2,1-6H3. The van der Waals surface area contributed by atoms with Gasteiger partial charge in [-0.2, -0.15) is 0 Å². The highest BCUT2D eigenvalue weighted by Gasteiger charge is 2.37. The van der Waals surface area contributed by atoms with E-state index >= 15 is 0 Å². The highest BCUT2D eigenvalue weighted by Crippen LogP contribution is 2.38. The average molecular weight is 543 g/mol. The fraction of sp³-hybridized carbons (Fsp3) is 0.406. The minimum absolute atomic E-state index is 0.0730. The molecule has 0 aliphatic carbocycles. The van der Waals surface area contributed by atoms with Crippen LogP contribution in [-0.2, 0) is 22.6 Å². The number of hydrogen-bond acceptors (Lipinski definition) is 4. The lowest BCUT2D eigenvalue weighted by molar-refractivity contribution is -0.146. The monoisotopic (exact) mass is 542 g/mol. The van der Waals surface area contributed by atoms with Crippen molar-refractivity contribution < 1.29 is 32.2 Å². The van der Waals surface area contributed by atoms with Crippen LogP contribution in [0.2, 0.25) is 0 Å². The van der Waals surface area contributed by atoms with E-state index in [1.54, 1.807) is 56.5 Å². The Balaban J connectivity index is 1.87. The average Bonchev–Trinajstić information content (AvgIpc) is 2.85. The molecule has 0 spiro atoms. The number of benzene rings is 3. The second-order valence-electron chi connectivity index (χ2n) is 11.0. The first-order valence-electron chi connectivity index (χ1n) is 13.0. The third-order valence-electron chi connectivity index (χ3n) is 6.31. The minimum atomic E-state index is -3.11.